The SMILES string of the molecule is COc1ccccc1/C=C(\NC(=O)c1ccccc1)C(=O)Nc1ccc(SC(C(=O)Nc2ccc(I)cc2)c2ccccc2)cc1. The minimum Gasteiger partial charge on any atom is -0.496 e. The van der Waals surface area contributed by atoms with E-state index in [1.807, 2.05) is 84.9 Å². The number of carbonyl (C=O) groups is 3. The van der Waals surface area contributed by atoms with Crippen LogP contribution in [0, 0.1) is 3.57 Å². The topological polar surface area (TPSA) is 96.5 Å². The number of hydrogen-bond donors (Lipinski definition) is 3. The summed E-state index contributed by atoms with van der Waals surface area (Å²) < 4.78 is 6.53. The zero-order valence-electron chi connectivity index (χ0n) is 24.8. The van der Waals surface area contributed by atoms with E-state index in [1.165, 1.54) is 11.8 Å². The van der Waals surface area contributed by atoms with Crippen molar-refractivity contribution in [2.45, 2.75) is 10.1 Å². The zero-order chi connectivity index (χ0) is 32.3. The summed E-state index contributed by atoms with van der Waals surface area (Å²) in [5.74, 6) is -0.508. The maximum Gasteiger partial charge on any atom is 0.272 e. The van der Waals surface area contributed by atoms with Gasteiger partial charge >= 0.3 is 0 Å². The van der Waals surface area contributed by atoms with E-state index in [-0.39, 0.29) is 11.6 Å². The molecule has 1 unspecified atom stereocenters. The van der Waals surface area contributed by atoms with Crippen LogP contribution >= 0.6 is 34.4 Å². The Morgan fingerprint density at radius 2 is 1.30 bits per heavy atom. The number of rotatable bonds is 11. The van der Waals surface area contributed by atoms with Crippen molar-refractivity contribution >= 4 is 69.5 Å². The molecule has 5 aromatic rings. The first-order valence-corrected chi connectivity index (χ1v) is 16.3. The van der Waals surface area contributed by atoms with Gasteiger partial charge in [-0.2, -0.15) is 0 Å². The third-order valence-electron chi connectivity index (χ3n) is 6.79. The number of amides is 3. The molecule has 0 aliphatic heterocycles. The van der Waals surface area contributed by atoms with Crippen molar-refractivity contribution in [2.24, 2.45) is 0 Å². The summed E-state index contributed by atoms with van der Waals surface area (Å²) in [5.41, 5.74) is 3.21. The molecule has 46 heavy (non-hydrogen) atoms. The van der Waals surface area contributed by atoms with Gasteiger partial charge in [0.05, 0.1) is 7.11 Å². The van der Waals surface area contributed by atoms with Crippen molar-refractivity contribution < 1.29 is 19.1 Å². The van der Waals surface area contributed by atoms with Crippen molar-refractivity contribution in [3.63, 3.8) is 0 Å². The Bertz CT molecular complexity index is 1830. The van der Waals surface area contributed by atoms with Crippen LogP contribution < -0.4 is 20.7 Å². The maximum atomic E-state index is 13.5. The summed E-state index contributed by atoms with van der Waals surface area (Å²) in [6.07, 6.45) is 1.58. The lowest BCUT2D eigenvalue weighted by molar-refractivity contribution is -0.116. The lowest BCUT2D eigenvalue weighted by Gasteiger charge is -2.17. The molecule has 0 aliphatic rings. The molecule has 0 spiro atoms. The zero-order valence-corrected chi connectivity index (χ0v) is 27.7. The second kappa shape index (κ2) is 15.9. The first kappa shape index (κ1) is 32.5. The van der Waals surface area contributed by atoms with Crippen LogP contribution in [0.5, 0.6) is 5.75 Å². The van der Waals surface area contributed by atoms with Crippen molar-refractivity contribution in [1.82, 2.24) is 5.32 Å². The van der Waals surface area contributed by atoms with Crippen LogP contribution in [0.2, 0.25) is 0 Å². The molecule has 230 valence electrons. The fourth-order valence-corrected chi connectivity index (χ4v) is 5.86. The van der Waals surface area contributed by atoms with E-state index in [0.29, 0.717) is 22.6 Å². The first-order chi connectivity index (χ1) is 22.4. The van der Waals surface area contributed by atoms with Crippen LogP contribution in [0.4, 0.5) is 11.4 Å². The second-order valence-corrected chi connectivity index (χ2v) is 12.4. The molecule has 7 nitrogen and oxygen atoms in total. The van der Waals surface area contributed by atoms with Gasteiger partial charge in [-0.3, -0.25) is 14.4 Å². The van der Waals surface area contributed by atoms with Crippen molar-refractivity contribution in [2.75, 3.05) is 17.7 Å². The van der Waals surface area contributed by atoms with Crippen LogP contribution in [-0.2, 0) is 9.59 Å². The molecule has 5 rings (SSSR count). The molecule has 0 fully saturated rings. The fourth-order valence-electron chi connectivity index (χ4n) is 4.48. The van der Waals surface area contributed by atoms with Gasteiger partial charge in [0.2, 0.25) is 5.91 Å². The smallest absolute Gasteiger partial charge is 0.272 e. The van der Waals surface area contributed by atoms with Gasteiger partial charge in [0.25, 0.3) is 11.8 Å². The van der Waals surface area contributed by atoms with Gasteiger partial charge in [0, 0.05) is 31.0 Å². The highest BCUT2D eigenvalue weighted by molar-refractivity contribution is 14.1. The Kier molecular flexibility index (Phi) is 11.3. The molecule has 0 saturated carbocycles. The number of carbonyl (C=O) groups excluding carboxylic acids is 3. The number of hydrogen-bond acceptors (Lipinski definition) is 5. The number of methoxy groups -OCH3 is 1. The van der Waals surface area contributed by atoms with Crippen LogP contribution in [0.1, 0.15) is 26.7 Å². The average Bonchev–Trinajstić information content (AvgIpc) is 3.09. The highest BCUT2D eigenvalue weighted by Crippen LogP contribution is 2.37. The van der Waals surface area contributed by atoms with Gasteiger partial charge < -0.3 is 20.7 Å². The lowest BCUT2D eigenvalue weighted by atomic mass is 10.1. The minimum atomic E-state index is -0.510. The minimum absolute atomic E-state index is 0.0493. The number of para-hydroxylation sites is 1. The highest BCUT2D eigenvalue weighted by atomic mass is 127. The number of ether oxygens (including phenoxy) is 1. The van der Waals surface area contributed by atoms with Crippen LogP contribution in [-0.4, -0.2) is 24.8 Å². The van der Waals surface area contributed by atoms with E-state index >= 15 is 0 Å². The fraction of sp³-hybridized carbons (Fsp3) is 0.0541. The van der Waals surface area contributed by atoms with E-state index in [1.54, 1.807) is 61.7 Å². The molecule has 0 aromatic heterocycles. The number of benzene rings is 5. The normalized spacial score (nSPS) is 11.7. The average molecular weight is 740 g/mol. The van der Waals surface area contributed by atoms with Crippen LogP contribution in [0.25, 0.3) is 6.08 Å². The number of nitrogens with one attached hydrogen (secondary N) is 3. The molecule has 5 aromatic carbocycles. The van der Waals surface area contributed by atoms with Crippen molar-refractivity contribution in [3.8, 4) is 5.75 Å². The molecule has 9 heteroatoms. The van der Waals surface area contributed by atoms with Crippen molar-refractivity contribution in [1.29, 1.82) is 0 Å². The Morgan fingerprint density at radius 3 is 1.98 bits per heavy atom. The Hall–Kier alpha value is -4.87. The van der Waals surface area contributed by atoms with E-state index in [4.69, 9.17) is 4.74 Å². The molecule has 0 aliphatic carbocycles. The quantitative estimate of drug-likeness (QED) is 0.0722. The van der Waals surface area contributed by atoms with Crippen LogP contribution in [0.15, 0.2) is 144 Å². The molecule has 3 N–H and O–H groups in total. The first-order valence-electron chi connectivity index (χ1n) is 14.3. The lowest BCUT2D eigenvalue weighted by Crippen LogP contribution is -2.30. The van der Waals surface area contributed by atoms with E-state index in [0.717, 1.165) is 19.7 Å². The van der Waals surface area contributed by atoms with E-state index in [9.17, 15) is 14.4 Å². The molecular formula is C37H30IN3O4S. The molecular weight excluding hydrogens is 709 g/mol. The summed E-state index contributed by atoms with van der Waals surface area (Å²) in [6.45, 7) is 0. The Balaban J connectivity index is 1.34. The number of thioether (sulfide) groups is 1. The summed E-state index contributed by atoms with van der Waals surface area (Å²) in [4.78, 5) is 40.8. The molecule has 3 amide bonds. The summed E-state index contributed by atoms with van der Waals surface area (Å²) in [6, 6.07) is 40.4. The third-order valence-corrected chi connectivity index (χ3v) is 8.77. The largest absolute Gasteiger partial charge is 0.496 e. The van der Waals surface area contributed by atoms with E-state index in [2.05, 4.69) is 38.5 Å². The van der Waals surface area contributed by atoms with Crippen LogP contribution in [0.3, 0.4) is 0 Å². The molecule has 0 bridgehead atoms. The molecule has 0 heterocycles. The van der Waals surface area contributed by atoms with Gasteiger partial charge in [-0.25, -0.2) is 0 Å². The van der Waals surface area contributed by atoms with Gasteiger partial charge in [-0.15, -0.1) is 11.8 Å². The van der Waals surface area contributed by atoms with Gasteiger partial charge in [-0.05, 0) is 101 Å². The maximum absolute atomic E-state index is 13.5. The monoisotopic (exact) mass is 739 g/mol. The highest BCUT2D eigenvalue weighted by Gasteiger charge is 2.23. The van der Waals surface area contributed by atoms with Gasteiger partial charge in [-0.1, -0.05) is 66.7 Å². The summed E-state index contributed by atoms with van der Waals surface area (Å²) >= 11 is 3.64. The molecule has 0 saturated heterocycles. The molecule has 0 radical (unpaired) electrons. The number of anilines is 2. The Morgan fingerprint density at radius 1 is 0.717 bits per heavy atom. The second-order valence-electron chi connectivity index (χ2n) is 10.0. The predicted molar refractivity (Wildman–Crippen MR) is 193 cm³/mol. The predicted octanol–water partition coefficient (Wildman–Crippen LogP) is 8.18. The van der Waals surface area contributed by atoms with Crippen molar-refractivity contribution in [3.05, 3.63) is 159 Å². The molecule has 1 atom stereocenters. The standard InChI is InChI=1S/C37H30IN3O4S/c1-45-33-15-9-8-14-27(33)24-32(41-35(42)26-12-6-3-7-13-26)36(43)39-30-20-22-31(23-21-30)46-34(25-10-4-2-5-11-25)37(44)40-29-18-16-28(38)17-19-29/h2-24,34H,1H3,(H,39,43)(H,40,44)(H,41,42)/b32-24-. The number of halogens is 1. The van der Waals surface area contributed by atoms with Gasteiger partial charge in [0.1, 0.15) is 16.7 Å². The Labute approximate surface area is 285 Å². The van der Waals surface area contributed by atoms with E-state index < -0.39 is 17.1 Å². The third kappa shape index (κ3) is 8.86. The van der Waals surface area contributed by atoms with Gasteiger partial charge in [0.15, 0.2) is 0 Å². The summed E-state index contributed by atoms with van der Waals surface area (Å²) in [5, 5.41) is 8.14. The summed E-state index contributed by atoms with van der Waals surface area (Å²) in [7, 11) is 1.54.